The lowest BCUT2D eigenvalue weighted by atomic mass is 9.97. The molecule has 0 radical (unpaired) electrons. The van der Waals surface area contributed by atoms with E-state index in [0.717, 1.165) is 43.7 Å². The molecule has 0 aromatic carbocycles. The number of likely N-dealkylation sites (tertiary alicyclic amines) is 1. The van der Waals surface area contributed by atoms with E-state index >= 15 is 0 Å². The fourth-order valence-corrected chi connectivity index (χ4v) is 3.23. The van der Waals surface area contributed by atoms with E-state index in [1.807, 2.05) is 11.8 Å². The molecule has 122 valence electrons. The smallest absolute Gasteiger partial charge is 0.224 e. The van der Waals surface area contributed by atoms with Crippen LogP contribution in [0.3, 0.4) is 0 Å². The number of nitrogens with one attached hydrogen (secondary N) is 1. The van der Waals surface area contributed by atoms with Crippen molar-refractivity contribution >= 4 is 23.6 Å². The molecule has 0 unspecified atom stereocenters. The minimum absolute atomic E-state index is 0.0537. The zero-order valence-corrected chi connectivity index (χ0v) is 13.8. The van der Waals surface area contributed by atoms with Crippen molar-refractivity contribution in [3.05, 3.63) is 0 Å². The van der Waals surface area contributed by atoms with Crippen molar-refractivity contribution in [3.63, 3.8) is 0 Å². The van der Waals surface area contributed by atoms with Gasteiger partial charge in [-0.3, -0.25) is 9.59 Å². The fraction of sp³-hybridized carbons (Fsp3) is 0.867. The van der Waals surface area contributed by atoms with Gasteiger partial charge in [0.2, 0.25) is 11.8 Å². The number of thioether (sulfide) groups is 1. The molecule has 2 amide bonds. The van der Waals surface area contributed by atoms with Crippen molar-refractivity contribution in [2.75, 3.05) is 37.7 Å². The number of carbonyl (C=O) groups excluding carboxylic acids is 2. The zero-order chi connectivity index (χ0) is 15.5. The van der Waals surface area contributed by atoms with Crippen LogP contribution in [0.5, 0.6) is 0 Å². The van der Waals surface area contributed by atoms with E-state index in [2.05, 4.69) is 5.32 Å². The summed E-state index contributed by atoms with van der Waals surface area (Å²) in [6, 6.07) is 0. The third kappa shape index (κ3) is 7.18. The highest BCUT2D eigenvalue weighted by Gasteiger charge is 2.27. The molecule has 1 aliphatic rings. The maximum Gasteiger partial charge on any atom is 0.224 e. The normalized spacial score (nSPS) is 18.6. The number of aliphatic hydroxyl groups is 1. The quantitative estimate of drug-likeness (QED) is 0.628. The predicted octanol–water partition coefficient (Wildman–Crippen LogP) is 1.26. The van der Waals surface area contributed by atoms with Crippen LogP contribution in [0, 0.1) is 5.92 Å². The maximum absolute atomic E-state index is 12.1. The van der Waals surface area contributed by atoms with Crippen LogP contribution in [-0.4, -0.2) is 59.6 Å². The lowest BCUT2D eigenvalue weighted by molar-refractivity contribution is -0.135. The molecule has 1 aliphatic heterocycles. The second kappa shape index (κ2) is 10.9. The van der Waals surface area contributed by atoms with Crippen molar-refractivity contribution in [3.8, 4) is 0 Å². The molecule has 0 aliphatic carbocycles. The Morgan fingerprint density at radius 1 is 1.38 bits per heavy atom. The first-order chi connectivity index (χ1) is 10.2. The summed E-state index contributed by atoms with van der Waals surface area (Å²) < 4.78 is 0. The van der Waals surface area contributed by atoms with Crippen molar-refractivity contribution < 1.29 is 14.7 Å². The van der Waals surface area contributed by atoms with E-state index in [1.165, 1.54) is 0 Å². The molecule has 21 heavy (non-hydrogen) atoms. The van der Waals surface area contributed by atoms with E-state index in [1.54, 1.807) is 11.8 Å². The van der Waals surface area contributed by atoms with Crippen LogP contribution in [-0.2, 0) is 9.59 Å². The van der Waals surface area contributed by atoms with Gasteiger partial charge < -0.3 is 15.3 Å². The summed E-state index contributed by atoms with van der Waals surface area (Å²) in [5, 5.41) is 11.6. The zero-order valence-electron chi connectivity index (χ0n) is 13.0. The summed E-state index contributed by atoms with van der Waals surface area (Å²) in [5.41, 5.74) is 0. The Kier molecular flexibility index (Phi) is 9.50. The number of nitrogens with zero attached hydrogens (tertiary/aromatic N) is 1. The van der Waals surface area contributed by atoms with Gasteiger partial charge in [0.05, 0.1) is 5.92 Å². The molecule has 0 aromatic rings. The van der Waals surface area contributed by atoms with Crippen molar-refractivity contribution in [1.82, 2.24) is 10.2 Å². The Bertz CT molecular complexity index is 326. The lowest BCUT2D eigenvalue weighted by Crippen LogP contribution is -2.45. The van der Waals surface area contributed by atoms with Crippen LogP contribution < -0.4 is 5.32 Å². The number of hydrogen-bond acceptors (Lipinski definition) is 4. The van der Waals surface area contributed by atoms with Crippen molar-refractivity contribution in [1.29, 1.82) is 0 Å². The maximum atomic E-state index is 12.1. The summed E-state index contributed by atoms with van der Waals surface area (Å²) in [5.74, 6) is 2.00. The van der Waals surface area contributed by atoms with E-state index in [9.17, 15) is 9.59 Å². The topological polar surface area (TPSA) is 69.6 Å². The largest absolute Gasteiger partial charge is 0.396 e. The van der Waals surface area contributed by atoms with Gasteiger partial charge in [-0.15, -0.1) is 0 Å². The molecular formula is C15H28N2O3S. The molecular weight excluding hydrogens is 288 g/mol. The van der Waals surface area contributed by atoms with Crippen LogP contribution >= 0.6 is 11.8 Å². The Balaban J connectivity index is 2.22. The molecule has 1 atom stereocenters. The average Bonchev–Trinajstić information content (AvgIpc) is 2.51. The summed E-state index contributed by atoms with van der Waals surface area (Å²) in [6.07, 6.45) is 4.03. The molecule has 0 spiro atoms. The van der Waals surface area contributed by atoms with Gasteiger partial charge in [-0.1, -0.05) is 6.92 Å². The first kappa shape index (κ1) is 18.3. The monoisotopic (exact) mass is 316 g/mol. The highest BCUT2D eigenvalue weighted by molar-refractivity contribution is 7.99. The van der Waals surface area contributed by atoms with Gasteiger partial charge in [0.25, 0.3) is 0 Å². The number of carbonyl (C=O) groups is 2. The van der Waals surface area contributed by atoms with E-state index in [0.29, 0.717) is 19.5 Å². The summed E-state index contributed by atoms with van der Waals surface area (Å²) in [4.78, 5) is 25.9. The number of aliphatic hydroxyl groups excluding tert-OH is 1. The second-order valence-corrected chi connectivity index (χ2v) is 6.63. The minimum Gasteiger partial charge on any atom is -0.396 e. The van der Waals surface area contributed by atoms with E-state index in [-0.39, 0.29) is 24.3 Å². The Hall–Kier alpha value is -0.750. The number of rotatable bonds is 9. The summed E-state index contributed by atoms with van der Waals surface area (Å²) in [6.45, 7) is 4.25. The fourth-order valence-electron chi connectivity index (χ4n) is 2.45. The minimum atomic E-state index is -0.0537. The van der Waals surface area contributed by atoms with Gasteiger partial charge in [0.15, 0.2) is 0 Å². The van der Waals surface area contributed by atoms with Gasteiger partial charge in [0.1, 0.15) is 0 Å². The Labute approximate surface area is 131 Å². The first-order valence-electron chi connectivity index (χ1n) is 7.93. The average molecular weight is 316 g/mol. The molecule has 0 bridgehead atoms. The van der Waals surface area contributed by atoms with E-state index < -0.39 is 0 Å². The molecule has 5 nitrogen and oxygen atoms in total. The molecule has 0 aromatic heterocycles. The molecule has 2 N–H and O–H groups in total. The third-order valence-corrected chi connectivity index (χ3v) is 4.67. The van der Waals surface area contributed by atoms with Crippen LogP contribution in [0.15, 0.2) is 0 Å². The standard InChI is InChI=1S/C15H28N2O3S/c1-2-5-14(19)17-8-3-6-13(12-17)15(20)16-7-11-21-10-4-9-18/h13,18H,2-12H2,1H3,(H,16,20)/t13-/m0/s1. The first-order valence-corrected chi connectivity index (χ1v) is 9.08. The third-order valence-electron chi connectivity index (χ3n) is 3.60. The molecule has 1 fully saturated rings. The Morgan fingerprint density at radius 3 is 2.90 bits per heavy atom. The Morgan fingerprint density at radius 2 is 2.19 bits per heavy atom. The molecule has 1 heterocycles. The van der Waals surface area contributed by atoms with Gasteiger partial charge >= 0.3 is 0 Å². The second-order valence-electron chi connectivity index (χ2n) is 5.41. The van der Waals surface area contributed by atoms with Crippen molar-refractivity contribution in [2.24, 2.45) is 5.92 Å². The molecule has 1 rings (SSSR count). The predicted molar refractivity (Wildman–Crippen MR) is 86.2 cm³/mol. The number of amides is 2. The van der Waals surface area contributed by atoms with Crippen LogP contribution in [0.2, 0.25) is 0 Å². The molecule has 0 saturated carbocycles. The van der Waals surface area contributed by atoms with Crippen LogP contribution in [0.1, 0.15) is 39.0 Å². The van der Waals surface area contributed by atoms with Gasteiger partial charge in [-0.05, 0) is 31.4 Å². The van der Waals surface area contributed by atoms with Gasteiger partial charge in [-0.25, -0.2) is 0 Å². The number of piperidine rings is 1. The van der Waals surface area contributed by atoms with Crippen molar-refractivity contribution in [2.45, 2.75) is 39.0 Å². The van der Waals surface area contributed by atoms with E-state index in [4.69, 9.17) is 5.11 Å². The summed E-state index contributed by atoms with van der Waals surface area (Å²) >= 11 is 1.74. The highest BCUT2D eigenvalue weighted by Crippen LogP contribution is 2.17. The van der Waals surface area contributed by atoms with Crippen LogP contribution in [0.4, 0.5) is 0 Å². The molecule has 1 saturated heterocycles. The highest BCUT2D eigenvalue weighted by atomic mass is 32.2. The lowest BCUT2D eigenvalue weighted by Gasteiger charge is -2.32. The van der Waals surface area contributed by atoms with Gasteiger partial charge in [-0.2, -0.15) is 11.8 Å². The molecule has 6 heteroatoms. The van der Waals surface area contributed by atoms with Gasteiger partial charge in [0, 0.05) is 38.4 Å². The summed E-state index contributed by atoms with van der Waals surface area (Å²) in [7, 11) is 0. The SMILES string of the molecule is CCCC(=O)N1CCC[C@H](C(=O)NCCSCCCO)C1. The number of hydrogen-bond donors (Lipinski definition) is 2. The van der Waals surface area contributed by atoms with Crippen LogP contribution in [0.25, 0.3) is 0 Å².